The van der Waals surface area contributed by atoms with Gasteiger partial charge in [0.1, 0.15) is 0 Å². The molecule has 1 N–H and O–H groups in total. The van der Waals surface area contributed by atoms with E-state index in [2.05, 4.69) is 10.3 Å². The van der Waals surface area contributed by atoms with Crippen LogP contribution < -0.4 is 10.2 Å². The minimum atomic E-state index is -0.121. The van der Waals surface area contributed by atoms with Gasteiger partial charge in [-0.1, -0.05) is 30.3 Å². The van der Waals surface area contributed by atoms with Crippen molar-refractivity contribution in [2.75, 3.05) is 11.9 Å². The number of carbonyl (C=O) groups excluding carboxylic acids is 2. The van der Waals surface area contributed by atoms with E-state index in [9.17, 15) is 9.59 Å². The van der Waals surface area contributed by atoms with Gasteiger partial charge in [0.15, 0.2) is 0 Å². The zero-order chi connectivity index (χ0) is 19.2. The van der Waals surface area contributed by atoms with Crippen LogP contribution in [0.3, 0.4) is 0 Å². The molecular formula is C22H21N3O2. The van der Waals surface area contributed by atoms with Gasteiger partial charge in [0.25, 0.3) is 5.91 Å². The van der Waals surface area contributed by atoms with Gasteiger partial charge in [-0.2, -0.15) is 0 Å². The van der Waals surface area contributed by atoms with Gasteiger partial charge >= 0.3 is 0 Å². The minimum Gasteiger partial charge on any atom is -0.348 e. The standard InChI is InChI=1S/C22H21N3O2/c1-16(26)25(2)21-11-9-19(10-12-21)18-5-7-20(8-6-18)22(27)24-15-17-4-3-13-23-14-17/h3-14H,15H2,1-2H3,(H,24,27). The van der Waals surface area contributed by atoms with Crippen molar-refractivity contribution in [1.82, 2.24) is 10.3 Å². The average molecular weight is 359 g/mol. The van der Waals surface area contributed by atoms with Crippen molar-refractivity contribution in [2.45, 2.75) is 13.5 Å². The first kappa shape index (κ1) is 18.3. The number of pyridine rings is 1. The van der Waals surface area contributed by atoms with Gasteiger partial charge in [-0.05, 0) is 47.0 Å². The predicted molar refractivity (Wildman–Crippen MR) is 106 cm³/mol. The minimum absolute atomic E-state index is 0.00982. The number of nitrogens with one attached hydrogen (secondary N) is 1. The van der Waals surface area contributed by atoms with Crippen LogP contribution in [0.1, 0.15) is 22.8 Å². The lowest BCUT2D eigenvalue weighted by atomic mass is 10.0. The Morgan fingerprint density at radius 3 is 2.15 bits per heavy atom. The normalized spacial score (nSPS) is 10.3. The van der Waals surface area contributed by atoms with Crippen LogP contribution >= 0.6 is 0 Å². The summed E-state index contributed by atoms with van der Waals surface area (Å²) in [6.45, 7) is 1.98. The molecule has 5 nitrogen and oxygen atoms in total. The highest BCUT2D eigenvalue weighted by atomic mass is 16.2. The Kier molecular flexibility index (Phi) is 5.61. The smallest absolute Gasteiger partial charge is 0.251 e. The summed E-state index contributed by atoms with van der Waals surface area (Å²) >= 11 is 0. The summed E-state index contributed by atoms with van der Waals surface area (Å²) in [6, 6.07) is 19.0. The second kappa shape index (κ2) is 8.27. The molecule has 1 aromatic heterocycles. The van der Waals surface area contributed by atoms with Crippen LogP contribution in [0.15, 0.2) is 73.1 Å². The van der Waals surface area contributed by atoms with Crippen LogP contribution in [0.5, 0.6) is 0 Å². The maximum atomic E-state index is 12.3. The first-order valence-corrected chi connectivity index (χ1v) is 8.66. The van der Waals surface area contributed by atoms with Crippen molar-refractivity contribution in [3.63, 3.8) is 0 Å². The molecule has 5 heteroatoms. The molecule has 0 unspecified atom stereocenters. The van der Waals surface area contributed by atoms with E-state index < -0.39 is 0 Å². The number of aromatic nitrogens is 1. The molecule has 27 heavy (non-hydrogen) atoms. The van der Waals surface area contributed by atoms with Gasteiger partial charge < -0.3 is 10.2 Å². The molecule has 0 radical (unpaired) electrons. The van der Waals surface area contributed by atoms with E-state index in [0.29, 0.717) is 12.1 Å². The van der Waals surface area contributed by atoms with E-state index >= 15 is 0 Å². The Hall–Kier alpha value is -3.47. The molecule has 0 bridgehead atoms. The summed E-state index contributed by atoms with van der Waals surface area (Å²) in [4.78, 5) is 29.3. The van der Waals surface area contributed by atoms with Crippen LogP contribution in [-0.4, -0.2) is 23.8 Å². The highest BCUT2D eigenvalue weighted by Crippen LogP contribution is 2.23. The number of hydrogen-bond donors (Lipinski definition) is 1. The van der Waals surface area contributed by atoms with Gasteiger partial charge in [-0.15, -0.1) is 0 Å². The number of carbonyl (C=O) groups is 2. The molecule has 0 saturated carbocycles. The summed E-state index contributed by atoms with van der Waals surface area (Å²) < 4.78 is 0. The Bertz CT molecular complexity index is 920. The van der Waals surface area contributed by atoms with Crippen LogP contribution in [0.2, 0.25) is 0 Å². The predicted octanol–water partition coefficient (Wildman–Crippen LogP) is 3.66. The Morgan fingerprint density at radius 1 is 0.963 bits per heavy atom. The van der Waals surface area contributed by atoms with E-state index in [1.54, 1.807) is 24.3 Å². The monoisotopic (exact) mass is 359 g/mol. The molecule has 0 atom stereocenters. The summed E-state index contributed by atoms with van der Waals surface area (Å²) in [5, 5.41) is 2.89. The van der Waals surface area contributed by atoms with Crippen LogP contribution in [0.4, 0.5) is 5.69 Å². The number of hydrogen-bond acceptors (Lipinski definition) is 3. The molecule has 1 heterocycles. The fourth-order valence-corrected chi connectivity index (χ4v) is 2.66. The molecule has 3 aromatic rings. The number of rotatable bonds is 5. The Balaban J connectivity index is 1.66. The number of benzene rings is 2. The van der Waals surface area contributed by atoms with Crippen molar-refractivity contribution in [2.24, 2.45) is 0 Å². The van der Waals surface area contributed by atoms with Gasteiger partial charge in [-0.3, -0.25) is 14.6 Å². The maximum absolute atomic E-state index is 12.3. The second-order valence-electron chi connectivity index (χ2n) is 6.25. The van der Waals surface area contributed by atoms with Crippen LogP contribution in [0, 0.1) is 0 Å². The largest absolute Gasteiger partial charge is 0.348 e. The van der Waals surface area contributed by atoms with Crippen molar-refractivity contribution >= 4 is 17.5 Å². The summed E-state index contributed by atoms with van der Waals surface area (Å²) in [5.41, 5.74) is 4.44. The molecule has 0 saturated heterocycles. The van der Waals surface area contributed by atoms with Crippen molar-refractivity contribution in [3.8, 4) is 11.1 Å². The second-order valence-corrected chi connectivity index (χ2v) is 6.25. The average Bonchev–Trinajstić information content (AvgIpc) is 2.72. The maximum Gasteiger partial charge on any atom is 0.251 e. The highest BCUT2D eigenvalue weighted by Gasteiger charge is 2.08. The van der Waals surface area contributed by atoms with E-state index in [-0.39, 0.29) is 11.8 Å². The van der Waals surface area contributed by atoms with E-state index in [1.165, 1.54) is 6.92 Å². The molecule has 2 aromatic carbocycles. The highest BCUT2D eigenvalue weighted by molar-refractivity contribution is 5.94. The Labute approximate surface area is 158 Å². The lowest BCUT2D eigenvalue weighted by Gasteiger charge is -2.15. The topological polar surface area (TPSA) is 62.3 Å². The molecule has 2 amide bonds. The molecule has 136 valence electrons. The third-order valence-electron chi connectivity index (χ3n) is 4.38. The molecule has 0 aliphatic rings. The third-order valence-corrected chi connectivity index (χ3v) is 4.38. The van der Waals surface area contributed by atoms with E-state index in [0.717, 1.165) is 22.4 Å². The Morgan fingerprint density at radius 2 is 1.59 bits per heavy atom. The van der Waals surface area contributed by atoms with Gasteiger partial charge in [0, 0.05) is 44.2 Å². The van der Waals surface area contributed by atoms with Crippen molar-refractivity contribution in [1.29, 1.82) is 0 Å². The number of anilines is 1. The molecule has 0 aliphatic carbocycles. The third kappa shape index (κ3) is 4.58. The van der Waals surface area contributed by atoms with Crippen LogP contribution in [0.25, 0.3) is 11.1 Å². The van der Waals surface area contributed by atoms with Crippen molar-refractivity contribution < 1.29 is 9.59 Å². The molecule has 0 aliphatic heterocycles. The molecular weight excluding hydrogens is 338 g/mol. The summed E-state index contributed by atoms with van der Waals surface area (Å²) in [6.07, 6.45) is 3.44. The zero-order valence-corrected chi connectivity index (χ0v) is 15.3. The number of amides is 2. The molecule has 0 fully saturated rings. The lowest BCUT2D eigenvalue weighted by Crippen LogP contribution is -2.22. The lowest BCUT2D eigenvalue weighted by molar-refractivity contribution is -0.116. The quantitative estimate of drug-likeness (QED) is 0.756. The zero-order valence-electron chi connectivity index (χ0n) is 15.3. The fraction of sp³-hybridized carbons (Fsp3) is 0.136. The first-order chi connectivity index (χ1) is 13.0. The molecule has 0 spiro atoms. The van der Waals surface area contributed by atoms with Gasteiger partial charge in [0.05, 0.1) is 0 Å². The fourth-order valence-electron chi connectivity index (χ4n) is 2.66. The first-order valence-electron chi connectivity index (χ1n) is 8.66. The van der Waals surface area contributed by atoms with Gasteiger partial charge in [-0.25, -0.2) is 0 Å². The van der Waals surface area contributed by atoms with E-state index in [4.69, 9.17) is 0 Å². The number of nitrogens with zero attached hydrogens (tertiary/aromatic N) is 2. The van der Waals surface area contributed by atoms with Gasteiger partial charge in [0.2, 0.25) is 5.91 Å². The van der Waals surface area contributed by atoms with Crippen LogP contribution in [-0.2, 0) is 11.3 Å². The van der Waals surface area contributed by atoms with Crippen molar-refractivity contribution in [3.05, 3.63) is 84.2 Å². The summed E-state index contributed by atoms with van der Waals surface area (Å²) in [5.74, 6) is -0.131. The summed E-state index contributed by atoms with van der Waals surface area (Å²) in [7, 11) is 1.75. The van der Waals surface area contributed by atoms with E-state index in [1.807, 2.05) is 60.7 Å². The molecule has 3 rings (SSSR count). The SMILES string of the molecule is CC(=O)N(C)c1ccc(-c2ccc(C(=O)NCc3cccnc3)cc2)cc1.